The molecule has 0 unspecified atom stereocenters. The minimum atomic E-state index is 0.175. The predicted molar refractivity (Wildman–Crippen MR) is 69.2 cm³/mol. The molecule has 0 aromatic heterocycles. The Morgan fingerprint density at radius 1 is 1.33 bits per heavy atom. The molecule has 0 fully saturated rings. The molecule has 0 saturated heterocycles. The molecule has 0 N–H and O–H groups in total. The van der Waals surface area contributed by atoms with Crippen LogP contribution >= 0.6 is 15.9 Å². The van der Waals surface area contributed by atoms with E-state index in [1.165, 1.54) is 11.1 Å². The van der Waals surface area contributed by atoms with Crippen molar-refractivity contribution in [1.82, 2.24) is 0 Å². The Labute approximate surface area is 101 Å². The van der Waals surface area contributed by atoms with Crippen molar-refractivity contribution in [3.05, 3.63) is 29.3 Å². The SMILES string of the molecule is CCOc1ccc(C(C)(C)CBr)c(C)c1. The molecule has 1 aromatic rings. The molecule has 0 spiro atoms. The second-order valence-corrected chi connectivity index (χ2v) is 4.99. The number of hydrogen-bond donors (Lipinski definition) is 0. The highest BCUT2D eigenvalue weighted by atomic mass is 79.9. The summed E-state index contributed by atoms with van der Waals surface area (Å²) >= 11 is 3.56. The molecule has 84 valence electrons. The highest BCUT2D eigenvalue weighted by molar-refractivity contribution is 9.09. The van der Waals surface area contributed by atoms with E-state index in [4.69, 9.17) is 4.74 Å². The van der Waals surface area contributed by atoms with Gasteiger partial charge >= 0.3 is 0 Å². The van der Waals surface area contributed by atoms with Gasteiger partial charge in [-0.25, -0.2) is 0 Å². The van der Waals surface area contributed by atoms with Crippen LogP contribution in [0.25, 0.3) is 0 Å². The topological polar surface area (TPSA) is 9.23 Å². The van der Waals surface area contributed by atoms with Gasteiger partial charge in [-0.2, -0.15) is 0 Å². The van der Waals surface area contributed by atoms with E-state index in [-0.39, 0.29) is 5.41 Å². The van der Waals surface area contributed by atoms with Crippen LogP contribution in [0.15, 0.2) is 18.2 Å². The third-order valence-electron chi connectivity index (χ3n) is 2.57. The fourth-order valence-corrected chi connectivity index (χ4v) is 2.03. The van der Waals surface area contributed by atoms with Crippen molar-refractivity contribution in [2.24, 2.45) is 0 Å². The van der Waals surface area contributed by atoms with E-state index in [9.17, 15) is 0 Å². The van der Waals surface area contributed by atoms with Gasteiger partial charge in [-0.1, -0.05) is 35.8 Å². The maximum Gasteiger partial charge on any atom is 0.119 e. The maximum atomic E-state index is 5.48. The molecule has 1 nitrogen and oxygen atoms in total. The molecule has 0 saturated carbocycles. The zero-order valence-electron chi connectivity index (χ0n) is 9.93. The molecular weight excluding hydrogens is 252 g/mol. The van der Waals surface area contributed by atoms with Crippen LogP contribution in [-0.2, 0) is 5.41 Å². The fraction of sp³-hybridized carbons (Fsp3) is 0.538. The molecular formula is C13H19BrO. The number of rotatable bonds is 4. The zero-order valence-corrected chi connectivity index (χ0v) is 11.5. The van der Waals surface area contributed by atoms with E-state index in [0.717, 1.165) is 17.7 Å². The van der Waals surface area contributed by atoms with Crippen molar-refractivity contribution in [2.45, 2.75) is 33.1 Å². The highest BCUT2D eigenvalue weighted by Gasteiger charge is 2.20. The molecule has 0 radical (unpaired) electrons. The van der Waals surface area contributed by atoms with Gasteiger partial charge in [0.05, 0.1) is 6.61 Å². The van der Waals surface area contributed by atoms with E-state index >= 15 is 0 Å². The van der Waals surface area contributed by atoms with Gasteiger partial charge in [0.1, 0.15) is 5.75 Å². The molecule has 15 heavy (non-hydrogen) atoms. The minimum absolute atomic E-state index is 0.175. The Kier molecular flexibility index (Phi) is 4.21. The average molecular weight is 271 g/mol. The first-order valence-corrected chi connectivity index (χ1v) is 6.43. The van der Waals surface area contributed by atoms with Gasteiger partial charge in [0.2, 0.25) is 0 Å². The molecule has 0 heterocycles. The number of halogens is 1. The zero-order chi connectivity index (χ0) is 11.5. The number of benzene rings is 1. The summed E-state index contributed by atoms with van der Waals surface area (Å²) in [5, 5.41) is 0.967. The van der Waals surface area contributed by atoms with Gasteiger partial charge in [-0.05, 0) is 42.5 Å². The Morgan fingerprint density at radius 3 is 2.47 bits per heavy atom. The average Bonchev–Trinajstić information content (AvgIpc) is 2.18. The van der Waals surface area contributed by atoms with Crippen LogP contribution in [0.5, 0.6) is 5.75 Å². The van der Waals surface area contributed by atoms with Gasteiger partial charge in [0, 0.05) is 5.33 Å². The fourth-order valence-electron chi connectivity index (χ4n) is 1.72. The van der Waals surface area contributed by atoms with E-state index in [1.54, 1.807) is 0 Å². The van der Waals surface area contributed by atoms with E-state index in [1.807, 2.05) is 6.92 Å². The first kappa shape index (κ1) is 12.6. The van der Waals surface area contributed by atoms with Gasteiger partial charge in [0.25, 0.3) is 0 Å². The van der Waals surface area contributed by atoms with Crippen LogP contribution < -0.4 is 4.74 Å². The predicted octanol–water partition coefficient (Wildman–Crippen LogP) is 4.07. The van der Waals surface area contributed by atoms with Gasteiger partial charge in [0.15, 0.2) is 0 Å². The Bertz CT molecular complexity index is 331. The van der Waals surface area contributed by atoms with Crippen LogP contribution in [0.1, 0.15) is 31.9 Å². The van der Waals surface area contributed by atoms with E-state index in [2.05, 4.69) is 54.9 Å². The van der Waals surface area contributed by atoms with Gasteiger partial charge in [-0.3, -0.25) is 0 Å². The van der Waals surface area contributed by atoms with E-state index < -0.39 is 0 Å². The lowest BCUT2D eigenvalue weighted by atomic mass is 9.84. The summed E-state index contributed by atoms with van der Waals surface area (Å²) in [5.41, 5.74) is 2.85. The lowest BCUT2D eigenvalue weighted by molar-refractivity contribution is 0.339. The monoisotopic (exact) mass is 270 g/mol. The summed E-state index contributed by atoms with van der Waals surface area (Å²) < 4.78 is 5.48. The Morgan fingerprint density at radius 2 is 2.00 bits per heavy atom. The molecule has 2 heteroatoms. The largest absolute Gasteiger partial charge is 0.494 e. The van der Waals surface area contributed by atoms with Crippen LogP contribution in [-0.4, -0.2) is 11.9 Å². The number of ether oxygens (including phenoxy) is 1. The molecule has 0 aliphatic heterocycles. The summed E-state index contributed by atoms with van der Waals surface area (Å²) in [4.78, 5) is 0. The number of alkyl halides is 1. The smallest absolute Gasteiger partial charge is 0.119 e. The third kappa shape index (κ3) is 2.97. The molecule has 1 rings (SSSR count). The van der Waals surface area contributed by atoms with E-state index in [0.29, 0.717) is 0 Å². The second-order valence-electron chi connectivity index (χ2n) is 4.43. The summed E-state index contributed by atoms with van der Waals surface area (Å²) in [7, 11) is 0. The molecule has 0 aliphatic carbocycles. The first-order chi connectivity index (χ1) is 7.01. The van der Waals surface area contributed by atoms with Gasteiger partial charge < -0.3 is 4.74 Å². The second kappa shape index (κ2) is 5.02. The Balaban J connectivity index is 3.03. The molecule has 0 atom stereocenters. The van der Waals surface area contributed by atoms with Crippen LogP contribution in [0.4, 0.5) is 0 Å². The van der Waals surface area contributed by atoms with Crippen molar-refractivity contribution in [2.75, 3.05) is 11.9 Å². The molecule has 0 amide bonds. The lowest BCUT2D eigenvalue weighted by Gasteiger charge is -2.24. The van der Waals surface area contributed by atoms with Crippen molar-refractivity contribution in [3.8, 4) is 5.75 Å². The highest BCUT2D eigenvalue weighted by Crippen LogP contribution is 2.30. The van der Waals surface area contributed by atoms with Crippen LogP contribution in [0.2, 0.25) is 0 Å². The molecule has 0 aliphatic rings. The number of aryl methyl sites for hydroxylation is 1. The van der Waals surface area contributed by atoms with Crippen molar-refractivity contribution >= 4 is 15.9 Å². The maximum absolute atomic E-state index is 5.48. The Hall–Kier alpha value is -0.500. The number of hydrogen-bond acceptors (Lipinski definition) is 1. The summed E-state index contributed by atoms with van der Waals surface area (Å²) in [5.74, 6) is 0.962. The summed E-state index contributed by atoms with van der Waals surface area (Å²) in [6, 6.07) is 6.33. The van der Waals surface area contributed by atoms with Crippen LogP contribution in [0, 0.1) is 6.92 Å². The normalized spacial score (nSPS) is 11.5. The summed E-state index contributed by atoms with van der Waals surface area (Å²) in [6.45, 7) is 9.35. The van der Waals surface area contributed by atoms with Gasteiger partial charge in [-0.15, -0.1) is 0 Å². The third-order valence-corrected chi connectivity index (χ3v) is 3.97. The first-order valence-electron chi connectivity index (χ1n) is 5.31. The summed E-state index contributed by atoms with van der Waals surface area (Å²) in [6.07, 6.45) is 0. The molecule has 0 bridgehead atoms. The minimum Gasteiger partial charge on any atom is -0.494 e. The van der Waals surface area contributed by atoms with Crippen molar-refractivity contribution in [1.29, 1.82) is 0 Å². The lowest BCUT2D eigenvalue weighted by Crippen LogP contribution is -2.20. The standard InChI is InChI=1S/C13H19BrO/c1-5-15-11-6-7-12(10(2)8-11)13(3,4)9-14/h6-8H,5,9H2,1-4H3. The van der Waals surface area contributed by atoms with Crippen molar-refractivity contribution < 1.29 is 4.74 Å². The molecule has 1 aromatic carbocycles. The van der Waals surface area contributed by atoms with Crippen molar-refractivity contribution in [3.63, 3.8) is 0 Å². The van der Waals surface area contributed by atoms with Crippen LogP contribution in [0.3, 0.4) is 0 Å². The quantitative estimate of drug-likeness (QED) is 0.750.